The molecule has 3 rings (SSSR count). The molecule has 7 heteroatoms. The van der Waals surface area contributed by atoms with Crippen LogP contribution in [0.3, 0.4) is 0 Å². The number of nitrogen functional groups attached to an aromatic ring is 1. The molecule has 0 radical (unpaired) electrons. The highest BCUT2D eigenvalue weighted by Crippen LogP contribution is 2.31. The van der Waals surface area contributed by atoms with Gasteiger partial charge in [0.05, 0.1) is 11.1 Å². The summed E-state index contributed by atoms with van der Waals surface area (Å²) in [6.45, 7) is 1.46. The molecule has 1 aliphatic heterocycles. The fourth-order valence-electron chi connectivity index (χ4n) is 2.26. The molecular weight excluding hydrogens is 266 g/mol. The monoisotopic (exact) mass is 279 g/mol. The first-order chi connectivity index (χ1) is 9.25. The lowest BCUT2D eigenvalue weighted by atomic mass is 10.1. The summed E-state index contributed by atoms with van der Waals surface area (Å²) in [5.41, 5.74) is 7.21. The maximum Gasteiger partial charge on any atom is 0.183 e. The van der Waals surface area contributed by atoms with Crippen LogP contribution in [0.2, 0.25) is 5.02 Å². The lowest BCUT2D eigenvalue weighted by Crippen LogP contribution is -2.21. The molecule has 19 heavy (non-hydrogen) atoms. The zero-order chi connectivity index (χ0) is 13.2. The van der Waals surface area contributed by atoms with E-state index in [1.54, 1.807) is 18.2 Å². The second-order valence-electron chi connectivity index (χ2n) is 4.53. The van der Waals surface area contributed by atoms with E-state index in [2.05, 4.69) is 15.5 Å². The van der Waals surface area contributed by atoms with Crippen molar-refractivity contribution in [3.63, 3.8) is 0 Å². The molecule has 0 atom stereocenters. The van der Waals surface area contributed by atoms with E-state index in [0.29, 0.717) is 16.5 Å². The number of rotatable bonds is 2. The maximum absolute atomic E-state index is 6.21. The molecule has 2 aromatic rings. The summed E-state index contributed by atoms with van der Waals surface area (Å²) in [5.74, 6) is 0.657. The van der Waals surface area contributed by atoms with Crippen molar-refractivity contribution in [1.82, 2.24) is 20.2 Å². The molecule has 0 spiro atoms. The van der Waals surface area contributed by atoms with Gasteiger partial charge in [-0.2, -0.15) is 0 Å². The van der Waals surface area contributed by atoms with Gasteiger partial charge in [-0.15, -0.1) is 5.10 Å². The summed E-state index contributed by atoms with van der Waals surface area (Å²) in [5, 5.41) is 12.5. The highest BCUT2D eigenvalue weighted by molar-refractivity contribution is 6.33. The topological polar surface area (TPSA) is 78.9 Å². The number of nitrogens with two attached hydrogens (primary N) is 1. The minimum absolute atomic E-state index is 0.247. The van der Waals surface area contributed by atoms with E-state index in [0.717, 1.165) is 31.6 Å². The van der Waals surface area contributed by atoms with Gasteiger partial charge in [-0.1, -0.05) is 11.6 Å². The van der Waals surface area contributed by atoms with Crippen molar-refractivity contribution in [2.75, 3.05) is 18.9 Å². The van der Waals surface area contributed by atoms with E-state index in [1.165, 1.54) is 0 Å². The molecule has 0 bridgehead atoms. The molecule has 0 saturated carbocycles. The predicted molar refractivity (Wildman–Crippen MR) is 71.8 cm³/mol. The van der Waals surface area contributed by atoms with Crippen molar-refractivity contribution >= 4 is 17.3 Å². The van der Waals surface area contributed by atoms with E-state index in [4.69, 9.17) is 22.1 Å². The fourth-order valence-corrected chi connectivity index (χ4v) is 2.46. The van der Waals surface area contributed by atoms with Crippen LogP contribution in [0.4, 0.5) is 5.69 Å². The Morgan fingerprint density at radius 1 is 1.32 bits per heavy atom. The first-order valence-corrected chi connectivity index (χ1v) is 6.54. The van der Waals surface area contributed by atoms with Crippen molar-refractivity contribution in [3.05, 3.63) is 23.2 Å². The Labute approximate surface area is 115 Å². The van der Waals surface area contributed by atoms with Gasteiger partial charge in [0.25, 0.3) is 0 Å². The van der Waals surface area contributed by atoms with Crippen LogP contribution >= 0.6 is 11.6 Å². The minimum atomic E-state index is 0.247. The number of anilines is 1. The van der Waals surface area contributed by atoms with Gasteiger partial charge >= 0.3 is 0 Å². The highest BCUT2D eigenvalue weighted by Gasteiger charge is 2.22. The summed E-state index contributed by atoms with van der Waals surface area (Å²) in [7, 11) is 0. The zero-order valence-electron chi connectivity index (χ0n) is 10.3. The predicted octanol–water partition coefficient (Wildman–Crippen LogP) is 1.93. The van der Waals surface area contributed by atoms with Crippen molar-refractivity contribution < 1.29 is 4.74 Å². The number of hydrogen-bond donors (Lipinski definition) is 1. The fraction of sp³-hybridized carbons (Fsp3) is 0.417. The molecule has 2 N–H and O–H groups in total. The Bertz CT molecular complexity index is 579. The molecule has 1 saturated heterocycles. The number of ether oxygens (including phenoxy) is 1. The van der Waals surface area contributed by atoms with Crippen LogP contribution in [0.1, 0.15) is 18.9 Å². The number of aromatic nitrogens is 4. The van der Waals surface area contributed by atoms with Crippen LogP contribution in [0.25, 0.3) is 11.4 Å². The van der Waals surface area contributed by atoms with Crippen LogP contribution in [0.5, 0.6) is 0 Å². The van der Waals surface area contributed by atoms with Gasteiger partial charge in [-0.25, -0.2) is 4.68 Å². The second-order valence-corrected chi connectivity index (χ2v) is 4.94. The van der Waals surface area contributed by atoms with Gasteiger partial charge in [-0.05, 0) is 41.5 Å². The number of tetrazole rings is 1. The van der Waals surface area contributed by atoms with Crippen LogP contribution in [-0.2, 0) is 4.74 Å². The lowest BCUT2D eigenvalue weighted by Gasteiger charge is -2.22. The Morgan fingerprint density at radius 3 is 2.89 bits per heavy atom. The van der Waals surface area contributed by atoms with Crippen LogP contribution in [0, 0.1) is 0 Å². The van der Waals surface area contributed by atoms with Gasteiger partial charge in [0.1, 0.15) is 0 Å². The average molecular weight is 280 g/mol. The Balaban J connectivity index is 2.01. The van der Waals surface area contributed by atoms with Crippen molar-refractivity contribution in [2.24, 2.45) is 0 Å². The van der Waals surface area contributed by atoms with E-state index in [9.17, 15) is 0 Å². The highest BCUT2D eigenvalue weighted by atomic mass is 35.5. The Kier molecular flexibility index (Phi) is 3.35. The van der Waals surface area contributed by atoms with Gasteiger partial charge < -0.3 is 10.5 Å². The third-order valence-electron chi connectivity index (χ3n) is 3.26. The summed E-state index contributed by atoms with van der Waals surface area (Å²) in [4.78, 5) is 0. The second kappa shape index (κ2) is 5.14. The van der Waals surface area contributed by atoms with Crippen molar-refractivity contribution in [1.29, 1.82) is 0 Å². The molecule has 1 aliphatic rings. The van der Waals surface area contributed by atoms with Crippen LogP contribution in [-0.4, -0.2) is 33.4 Å². The smallest absolute Gasteiger partial charge is 0.183 e. The Hall–Kier alpha value is -1.66. The molecule has 2 heterocycles. The van der Waals surface area contributed by atoms with E-state index < -0.39 is 0 Å². The minimum Gasteiger partial charge on any atom is -0.399 e. The van der Waals surface area contributed by atoms with Crippen molar-refractivity contribution in [3.8, 4) is 11.4 Å². The molecule has 100 valence electrons. The zero-order valence-corrected chi connectivity index (χ0v) is 11.0. The first kappa shape index (κ1) is 12.4. The third kappa shape index (κ3) is 2.41. The standard InChI is InChI=1S/C12H14ClN5O/c13-11-2-1-8(14)7-10(11)12-15-16-17-18(12)9-3-5-19-6-4-9/h1-2,7,9H,3-6,14H2. The van der Waals surface area contributed by atoms with Crippen LogP contribution in [0.15, 0.2) is 18.2 Å². The average Bonchev–Trinajstić information content (AvgIpc) is 2.91. The molecule has 0 aliphatic carbocycles. The number of benzene rings is 1. The quantitative estimate of drug-likeness (QED) is 0.850. The van der Waals surface area contributed by atoms with E-state index in [1.807, 2.05) is 4.68 Å². The number of halogens is 1. The maximum atomic E-state index is 6.21. The van der Waals surface area contributed by atoms with E-state index >= 15 is 0 Å². The van der Waals surface area contributed by atoms with Gasteiger partial charge in [0.15, 0.2) is 5.82 Å². The van der Waals surface area contributed by atoms with Crippen LogP contribution < -0.4 is 5.73 Å². The summed E-state index contributed by atoms with van der Waals surface area (Å²) in [6.07, 6.45) is 1.80. The molecule has 0 amide bonds. The number of nitrogens with zero attached hydrogens (tertiary/aromatic N) is 4. The molecule has 1 aromatic heterocycles. The Morgan fingerprint density at radius 2 is 2.11 bits per heavy atom. The molecule has 1 fully saturated rings. The summed E-state index contributed by atoms with van der Waals surface area (Å²) < 4.78 is 7.18. The van der Waals surface area contributed by atoms with Gasteiger partial charge in [0, 0.05) is 24.5 Å². The molecule has 0 unspecified atom stereocenters. The van der Waals surface area contributed by atoms with Gasteiger partial charge in [-0.3, -0.25) is 0 Å². The van der Waals surface area contributed by atoms with E-state index in [-0.39, 0.29) is 6.04 Å². The largest absolute Gasteiger partial charge is 0.399 e. The normalized spacial score (nSPS) is 16.7. The summed E-state index contributed by atoms with van der Waals surface area (Å²) >= 11 is 6.21. The summed E-state index contributed by atoms with van der Waals surface area (Å²) in [6, 6.07) is 5.56. The van der Waals surface area contributed by atoms with Gasteiger partial charge in [0.2, 0.25) is 0 Å². The lowest BCUT2D eigenvalue weighted by molar-refractivity contribution is 0.0662. The third-order valence-corrected chi connectivity index (χ3v) is 3.59. The SMILES string of the molecule is Nc1ccc(Cl)c(-c2nnnn2C2CCOCC2)c1. The first-order valence-electron chi connectivity index (χ1n) is 6.16. The van der Waals surface area contributed by atoms with Crippen molar-refractivity contribution in [2.45, 2.75) is 18.9 Å². The molecular formula is C12H14ClN5O. The number of hydrogen-bond acceptors (Lipinski definition) is 5. The molecule has 1 aromatic carbocycles. The molecule has 6 nitrogen and oxygen atoms in total.